The average Bonchev–Trinajstić information content (AvgIpc) is 2.53. The quantitative estimate of drug-likeness (QED) is 0.857. The Bertz CT molecular complexity index is 663. The van der Waals surface area contributed by atoms with Crippen LogP contribution in [0, 0.1) is 6.92 Å². The van der Waals surface area contributed by atoms with Crippen LogP contribution in [0.4, 0.5) is 8.78 Å². The van der Waals surface area contributed by atoms with E-state index in [9.17, 15) is 18.7 Å². The molecule has 1 aromatic heterocycles. The van der Waals surface area contributed by atoms with Crippen molar-refractivity contribution in [3.63, 3.8) is 0 Å². The molecule has 0 aliphatic carbocycles. The van der Waals surface area contributed by atoms with Gasteiger partial charge in [0.05, 0.1) is 11.7 Å². The van der Waals surface area contributed by atoms with Crippen LogP contribution in [0.2, 0.25) is 0 Å². The van der Waals surface area contributed by atoms with Crippen LogP contribution in [0.3, 0.4) is 0 Å². The lowest BCUT2D eigenvalue weighted by Crippen LogP contribution is -2.29. The van der Waals surface area contributed by atoms with Crippen LogP contribution in [0.5, 0.6) is 5.75 Å². The van der Waals surface area contributed by atoms with Gasteiger partial charge in [-0.05, 0) is 36.8 Å². The third kappa shape index (κ3) is 4.72. The maximum Gasteiger partial charge on any atom is 0.387 e. The van der Waals surface area contributed by atoms with Crippen LogP contribution in [0.15, 0.2) is 42.6 Å². The number of pyridine rings is 1. The number of hydrogen-bond acceptors (Lipinski definition) is 4. The van der Waals surface area contributed by atoms with E-state index in [1.807, 2.05) is 0 Å². The van der Waals surface area contributed by atoms with Crippen LogP contribution in [0.1, 0.15) is 27.7 Å². The molecular formula is C16H16F2N2O3. The highest BCUT2D eigenvalue weighted by Crippen LogP contribution is 2.19. The molecule has 7 heteroatoms. The number of alkyl halides is 2. The van der Waals surface area contributed by atoms with E-state index in [2.05, 4.69) is 15.0 Å². The van der Waals surface area contributed by atoms with Gasteiger partial charge in [-0.3, -0.25) is 9.78 Å². The molecule has 2 N–H and O–H groups in total. The van der Waals surface area contributed by atoms with E-state index in [4.69, 9.17) is 0 Å². The van der Waals surface area contributed by atoms with E-state index in [1.165, 1.54) is 24.3 Å². The zero-order chi connectivity index (χ0) is 16.8. The van der Waals surface area contributed by atoms with Gasteiger partial charge in [-0.2, -0.15) is 8.78 Å². The number of benzene rings is 1. The van der Waals surface area contributed by atoms with Crippen molar-refractivity contribution in [2.24, 2.45) is 0 Å². The highest BCUT2D eigenvalue weighted by atomic mass is 19.3. The maximum absolute atomic E-state index is 12.1. The van der Waals surface area contributed by atoms with Gasteiger partial charge in [0.15, 0.2) is 0 Å². The lowest BCUT2D eigenvalue weighted by atomic mass is 10.1. The minimum atomic E-state index is -2.90. The first-order valence-electron chi connectivity index (χ1n) is 6.90. The monoisotopic (exact) mass is 322 g/mol. The van der Waals surface area contributed by atoms with Gasteiger partial charge in [0, 0.05) is 18.4 Å². The molecule has 1 atom stereocenters. The number of aliphatic hydroxyl groups is 1. The number of carbonyl (C=O) groups excluding carboxylic acids is 1. The van der Waals surface area contributed by atoms with Gasteiger partial charge < -0.3 is 15.2 Å². The Morgan fingerprint density at radius 2 is 2.00 bits per heavy atom. The minimum Gasteiger partial charge on any atom is -0.435 e. The predicted octanol–water partition coefficient (Wildman–Crippen LogP) is 2.45. The molecule has 0 aliphatic heterocycles. The summed E-state index contributed by atoms with van der Waals surface area (Å²) in [6.45, 7) is -1.19. The second-order valence-electron chi connectivity index (χ2n) is 4.81. The number of hydrogen-bond donors (Lipinski definition) is 2. The summed E-state index contributed by atoms with van der Waals surface area (Å²) < 4.78 is 28.3. The first kappa shape index (κ1) is 16.8. The van der Waals surface area contributed by atoms with Gasteiger partial charge in [-0.25, -0.2) is 0 Å². The number of carbonyl (C=O) groups is 1. The number of amides is 1. The van der Waals surface area contributed by atoms with Crippen molar-refractivity contribution in [2.75, 3.05) is 6.54 Å². The number of rotatable bonds is 6. The molecule has 23 heavy (non-hydrogen) atoms. The van der Waals surface area contributed by atoms with Crippen molar-refractivity contribution in [3.8, 4) is 5.75 Å². The number of aliphatic hydroxyl groups excluding tert-OH is 1. The molecule has 1 heterocycles. The normalized spacial score (nSPS) is 12.0. The Hall–Kier alpha value is -2.54. The molecule has 1 aromatic carbocycles. The SMILES string of the molecule is Cc1ncccc1C(=O)NCC(O)c1ccc(OC(F)F)cc1. The molecule has 1 amide bonds. The number of ether oxygens (including phenoxy) is 1. The summed E-state index contributed by atoms with van der Waals surface area (Å²) in [6, 6.07) is 8.88. The van der Waals surface area contributed by atoms with Gasteiger partial charge in [-0.1, -0.05) is 12.1 Å². The summed E-state index contributed by atoms with van der Waals surface area (Å²) in [6.07, 6.45) is 0.626. The first-order chi connectivity index (χ1) is 11.0. The van der Waals surface area contributed by atoms with Gasteiger partial charge in [0.2, 0.25) is 0 Å². The second kappa shape index (κ2) is 7.64. The number of aryl methyl sites for hydroxylation is 1. The average molecular weight is 322 g/mol. The molecule has 0 saturated heterocycles. The van der Waals surface area contributed by atoms with Crippen LogP contribution in [-0.4, -0.2) is 29.2 Å². The second-order valence-corrected chi connectivity index (χ2v) is 4.81. The number of aromatic nitrogens is 1. The molecule has 0 bridgehead atoms. The lowest BCUT2D eigenvalue weighted by molar-refractivity contribution is -0.0498. The standard InChI is InChI=1S/C16H16F2N2O3/c1-10-13(3-2-8-19-10)15(22)20-9-14(21)11-4-6-12(7-5-11)23-16(17)18/h2-8,14,16,21H,9H2,1H3,(H,20,22). The van der Waals surface area contributed by atoms with E-state index in [0.717, 1.165) is 0 Å². The Balaban J connectivity index is 1.93. The smallest absolute Gasteiger partial charge is 0.387 e. The van der Waals surface area contributed by atoms with Crippen molar-refractivity contribution in [3.05, 3.63) is 59.4 Å². The van der Waals surface area contributed by atoms with Crippen LogP contribution < -0.4 is 10.1 Å². The van der Waals surface area contributed by atoms with E-state index < -0.39 is 12.7 Å². The van der Waals surface area contributed by atoms with E-state index >= 15 is 0 Å². The number of halogens is 2. The molecule has 0 spiro atoms. The molecular weight excluding hydrogens is 306 g/mol. The Morgan fingerprint density at radius 3 is 2.61 bits per heavy atom. The summed E-state index contributed by atoms with van der Waals surface area (Å²) in [5.41, 5.74) is 1.50. The topological polar surface area (TPSA) is 71.5 Å². The van der Waals surface area contributed by atoms with Gasteiger partial charge in [0.25, 0.3) is 5.91 Å². The van der Waals surface area contributed by atoms with E-state index in [1.54, 1.807) is 25.3 Å². The van der Waals surface area contributed by atoms with Gasteiger partial charge in [-0.15, -0.1) is 0 Å². The Labute approximate surface area is 131 Å². The fourth-order valence-corrected chi connectivity index (χ4v) is 2.00. The molecule has 0 saturated carbocycles. The summed E-state index contributed by atoms with van der Waals surface area (Å²) in [5, 5.41) is 12.6. The highest BCUT2D eigenvalue weighted by molar-refractivity contribution is 5.95. The first-order valence-corrected chi connectivity index (χ1v) is 6.90. The third-order valence-electron chi connectivity index (χ3n) is 3.20. The highest BCUT2D eigenvalue weighted by Gasteiger charge is 2.13. The van der Waals surface area contributed by atoms with Gasteiger partial charge in [0.1, 0.15) is 5.75 Å². The largest absolute Gasteiger partial charge is 0.435 e. The number of nitrogens with one attached hydrogen (secondary N) is 1. The molecule has 2 aromatic rings. The zero-order valence-electron chi connectivity index (χ0n) is 12.4. The molecule has 122 valence electrons. The van der Waals surface area contributed by atoms with Crippen molar-refractivity contribution < 1.29 is 23.4 Å². The minimum absolute atomic E-state index is 0.00553. The van der Waals surface area contributed by atoms with E-state index in [-0.39, 0.29) is 18.2 Å². The fourth-order valence-electron chi connectivity index (χ4n) is 2.00. The summed E-state index contributed by atoms with van der Waals surface area (Å²) in [4.78, 5) is 16.0. The number of nitrogens with zero attached hydrogens (tertiary/aromatic N) is 1. The van der Waals surface area contributed by atoms with Crippen LogP contribution in [-0.2, 0) is 0 Å². The Kier molecular flexibility index (Phi) is 5.59. The molecule has 0 fully saturated rings. The fraction of sp³-hybridized carbons (Fsp3) is 0.250. The zero-order valence-corrected chi connectivity index (χ0v) is 12.4. The van der Waals surface area contributed by atoms with E-state index in [0.29, 0.717) is 16.8 Å². The summed E-state index contributed by atoms with van der Waals surface area (Å²) in [7, 11) is 0. The molecule has 0 radical (unpaired) electrons. The molecule has 1 unspecified atom stereocenters. The van der Waals surface area contributed by atoms with Crippen LogP contribution >= 0.6 is 0 Å². The third-order valence-corrected chi connectivity index (χ3v) is 3.20. The van der Waals surface area contributed by atoms with Crippen molar-refractivity contribution in [1.29, 1.82) is 0 Å². The van der Waals surface area contributed by atoms with Crippen molar-refractivity contribution in [1.82, 2.24) is 10.3 Å². The van der Waals surface area contributed by atoms with Crippen molar-refractivity contribution >= 4 is 5.91 Å². The van der Waals surface area contributed by atoms with Crippen LogP contribution in [0.25, 0.3) is 0 Å². The lowest BCUT2D eigenvalue weighted by Gasteiger charge is -2.13. The van der Waals surface area contributed by atoms with Crippen molar-refractivity contribution in [2.45, 2.75) is 19.6 Å². The maximum atomic E-state index is 12.1. The molecule has 5 nitrogen and oxygen atoms in total. The van der Waals surface area contributed by atoms with Gasteiger partial charge >= 0.3 is 6.61 Å². The molecule has 0 aliphatic rings. The predicted molar refractivity (Wildman–Crippen MR) is 79.3 cm³/mol. The Morgan fingerprint density at radius 1 is 1.30 bits per heavy atom. The summed E-state index contributed by atoms with van der Waals surface area (Å²) in [5.74, 6) is -0.335. The summed E-state index contributed by atoms with van der Waals surface area (Å²) >= 11 is 0. The molecule has 2 rings (SSSR count).